The molecule has 0 spiro atoms. The quantitative estimate of drug-likeness (QED) is 0.530. The summed E-state index contributed by atoms with van der Waals surface area (Å²) in [5, 5.41) is 11.5. The third-order valence-corrected chi connectivity index (χ3v) is 2.64. The molecular weight excluding hydrogens is 226 g/mol. The Morgan fingerprint density at radius 1 is 1.65 bits per heavy atom. The first kappa shape index (κ1) is 13.9. The Balaban J connectivity index is 2.59. The van der Waals surface area contributed by atoms with Gasteiger partial charge in [0.05, 0.1) is 13.2 Å². The highest BCUT2D eigenvalue weighted by atomic mass is 16.5. The molecular formula is C10H19N3O4. The fraction of sp³-hybridized carbons (Fsp3) is 0.800. The summed E-state index contributed by atoms with van der Waals surface area (Å²) in [4.78, 5) is 24.2. The maximum absolute atomic E-state index is 11.7. The van der Waals surface area contributed by atoms with Gasteiger partial charge in [0.25, 0.3) is 0 Å². The highest BCUT2D eigenvalue weighted by molar-refractivity contribution is 5.82. The van der Waals surface area contributed by atoms with E-state index in [-0.39, 0.29) is 19.1 Å². The second-order valence-electron chi connectivity index (χ2n) is 3.92. The van der Waals surface area contributed by atoms with E-state index in [1.165, 1.54) is 0 Å². The van der Waals surface area contributed by atoms with Crippen LogP contribution in [0.2, 0.25) is 0 Å². The standard InChI is InChI=1S/C10H19N3O4/c1-2-12-9(14)8-6-17-4-3-13(8)5-7(11)10(15)16/h7-8H,2-6,11H2,1H3,(H,12,14)(H,15,16). The van der Waals surface area contributed by atoms with E-state index in [0.717, 1.165) is 0 Å². The van der Waals surface area contributed by atoms with Crippen molar-refractivity contribution in [3.63, 3.8) is 0 Å². The molecule has 7 nitrogen and oxygen atoms in total. The summed E-state index contributed by atoms with van der Waals surface area (Å²) in [7, 11) is 0. The molecule has 1 aliphatic heterocycles. The number of carboxylic acid groups (broad SMARTS) is 1. The van der Waals surface area contributed by atoms with Crippen molar-refractivity contribution in [2.24, 2.45) is 5.73 Å². The van der Waals surface area contributed by atoms with Crippen LogP contribution in [0.5, 0.6) is 0 Å². The van der Waals surface area contributed by atoms with Gasteiger partial charge in [0.15, 0.2) is 0 Å². The number of carboxylic acids is 1. The Morgan fingerprint density at radius 2 is 2.35 bits per heavy atom. The van der Waals surface area contributed by atoms with E-state index in [4.69, 9.17) is 15.6 Å². The Morgan fingerprint density at radius 3 is 2.94 bits per heavy atom. The number of carbonyl (C=O) groups excluding carboxylic acids is 1. The Hall–Kier alpha value is -1.18. The lowest BCUT2D eigenvalue weighted by molar-refractivity contribution is -0.142. The van der Waals surface area contributed by atoms with Crippen LogP contribution < -0.4 is 11.1 Å². The first-order valence-electron chi connectivity index (χ1n) is 5.64. The van der Waals surface area contributed by atoms with Crippen LogP contribution in [0.15, 0.2) is 0 Å². The molecule has 1 aliphatic rings. The Bertz CT molecular complexity index is 285. The molecule has 1 fully saturated rings. The van der Waals surface area contributed by atoms with Crippen LogP contribution in [-0.2, 0) is 14.3 Å². The molecule has 98 valence electrons. The third-order valence-electron chi connectivity index (χ3n) is 2.64. The summed E-state index contributed by atoms with van der Waals surface area (Å²) in [5.74, 6) is -1.21. The molecule has 0 radical (unpaired) electrons. The van der Waals surface area contributed by atoms with Crippen molar-refractivity contribution >= 4 is 11.9 Å². The van der Waals surface area contributed by atoms with Crippen LogP contribution in [0.3, 0.4) is 0 Å². The first-order chi connectivity index (χ1) is 8.06. The number of nitrogens with zero attached hydrogens (tertiary/aromatic N) is 1. The third kappa shape index (κ3) is 3.95. The summed E-state index contributed by atoms with van der Waals surface area (Å²) in [6.45, 7) is 3.80. The van der Waals surface area contributed by atoms with Crippen LogP contribution in [-0.4, -0.2) is 66.8 Å². The molecule has 1 heterocycles. The molecule has 2 unspecified atom stereocenters. The number of aliphatic carboxylic acids is 1. The number of nitrogens with one attached hydrogen (secondary N) is 1. The molecule has 7 heteroatoms. The van der Waals surface area contributed by atoms with Crippen LogP contribution in [0.4, 0.5) is 0 Å². The topological polar surface area (TPSA) is 105 Å². The number of rotatable bonds is 5. The fourth-order valence-electron chi connectivity index (χ4n) is 1.72. The SMILES string of the molecule is CCNC(=O)C1COCCN1CC(N)C(=O)O. The molecule has 0 bridgehead atoms. The van der Waals surface area contributed by atoms with Crippen LogP contribution in [0.25, 0.3) is 0 Å². The van der Waals surface area contributed by atoms with Crippen molar-refractivity contribution in [3.8, 4) is 0 Å². The molecule has 0 aromatic carbocycles. The van der Waals surface area contributed by atoms with Gasteiger partial charge in [0.2, 0.25) is 5.91 Å². The smallest absolute Gasteiger partial charge is 0.321 e. The van der Waals surface area contributed by atoms with Gasteiger partial charge < -0.3 is 20.9 Å². The molecule has 4 N–H and O–H groups in total. The zero-order valence-corrected chi connectivity index (χ0v) is 9.89. The van der Waals surface area contributed by atoms with Crippen LogP contribution >= 0.6 is 0 Å². The lowest BCUT2D eigenvalue weighted by atomic mass is 10.1. The van der Waals surface area contributed by atoms with Gasteiger partial charge in [-0.15, -0.1) is 0 Å². The number of carbonyl (C=O) groups is 2. The van der Waals surface area contributed by atoms with E-state index < -0.39 is 18.1 Å². The van der Waals surface area contributed by atoms with Crippen LogP contribution in [0.1, 0.15) is 6.92 Å². The molecule has 0 aromatic heterocycles. The van der Waals surface area contributed by atoms with Gasteiger partial charge in [-0.2, -0.15) is 0 Å². The zero-order chi connectivity index (χ0) is 12.8. The number of amides is 1. The molecule has 1 amide bonds. The van der Waals surface area contributed by atoms with Gasteiger partial charge in [0.1, 0.15) is 12.1 Å². The van der Waals surface area contributed by atoms with E-state index in [9.17, 15) is 9.59 Å². The number of hydrogen-bond acceptors (Lipinski definition) is 5. The second-order valence-corrected chi connectivity index (χ2v) is 3.92. The summed E-state index contributed by atoms with van der Waals surface area (Å²) in [6.07, 6.45) is 0. The van der Waals surface area contributed by atoms with Crippen molar-refractivity contribution in [1.82, 2.24) is 10.2 Å². The van der Waals surface area contributed by atoms with Crippen molar-refractivity contribution < 1.29 is 19.4 Å². The van der Waals surface area contributed by atoms with Gasteiger partial charge in [-0.3, -0.25) is 14.5 Å². The lowest BCUT2D eigenvalue weighted by Gasteiger charge is -2.35. The highest BCUT2D eigenvalue weighted by Crippen LogP contribution is 2.07. The average Bonchev–Trinajstić information content (AvgIpc) is 2.29. The van der Waals surface area contributed by atoms with E-state index >= 15 is 0 Å². The minimum Gasteiger partial charge on any atom is -0.480 e. The fourth-order valence-corrected chi connectivity index (χ4v) is 1.72. The van der Waals surface area contributed by atoms with Gasteiger partial charge in [-0.25, -0.2) is 0 Å². The van der Waals surface area contributed by atoms with E-state index in [0.29, 0.717) is 19.7 Å². The number of likely N-dealkylation sites (N-methyl/N-ethyl adjacent to an activating group) is 1. The van der Waals surface area contributed by atoms with Crippen molar-refractivity contribution in [3.05, 3.63) is 0 Å². The minimum absolute atomic E-state index is 0.148. The van der Waals surface area contributed by atoms with E-state index in [1.54, 1.807) is 4.90 Å². The summed E-state index contributed by atoms with van der Waals surface area (Å²) in [6, 6.07) is -1.43. The first-order valence-corrected chi connectivity index (χ1v) is 5.64. The summed E-state index contributed by atoms with van der Waals surface area (Å²) < 4.78 is 5.23. The lowest BCUT2D eigenvalue weighted by Crippen LogP contribution is -2.57. The molecule has 0 aliphatic carbocycles. The van der Waals surface area contributed by atoms with Gasteiger partial charge in [0, 0.05) is 19.6 Å². The van der Waals surface area contributed by atoms with Crippen molar-refractivity contribution in [2.75, 3.05) is 32.8 Å². The predicted octanol–water partition coefficient (Wildman–Crippen LogP) is -1.76. The number of morpholine rings is 1. The molecule has 17 heavy (non-hydrogen) atoms. The van der Waals surface area contributed by atoms with Crippen molar-refractivity contribution in [2.45, 2.75) is 19.0 Å². The van der Waals surface area contributed by atoms with Crippen LogP contribution in [0, 0.1) is 0 Å². The second kappa shape index (κ2) is 6.53. The Labute approximate surface area is 99.9 Å². The van der Waals surface area contributed by atoms with E-state index in [2.05, 4.69) is 5.32 Å². The van der Waals surface area contributed by atoms with E-state index in [1.807, 2.05) is 6.92 Å². The predicted molar refractivity (Wildman–Crippen MR) is 60.5 cm³/mol. The average molecular weight is 245 g/mol. The summed E-state index contributed by atoms with van der Waals surface area (Å²) >= 11 is 0. The minimum atomic E-state index is -1.06. The van der Waals surface area contributed by atoms with Gasteiger partial charge >= 0.3 is 5.97 Å². The van der Waals surface area contributed by atoms with Gasteiger partial charge in [-0.05, 0) is 6.92 Å². The maximum Gasteiger partial charge on any atom is 0.321 e. The molecule has 0 saturated carbocycles. The normalized spacial score (nSPS) is 23.1. The van der Waals surface area contributed by atoms with Gasteiger partial charge in [-0.1, -0.05) is 0 Å². The largest absolute Gasteiger partial charge is 0.480 e. The van der Waals surface area contributed by atoms with Crippen molar-refractivity contribution in [1.29, 1.82) is 0 Å². The molecule has 0 aromatic rings. The summed E-state index contributed by atoms with van der Waals surface area (Å²) in [5.41, 5.74) is 5.47. The number of nitrogens with two attached hydrogens (primary N) is 1. The number of hydrogen-bond donors (Lipinski definition) is 3. The Kier molecular flexibility index (Phi) is 5.33. The molecule has 1 rings (SSSR count). The zero-order valence-electron chi connectivity index (χ0n) is 9.89. The molecule has 2 atom stereocenters. The maximum atomic E-state index is 11.7. The molecule has 1 saturated heterocycles. The highest BCUT2D eigenvalue weighted by Gasteiger charge is 2.31. The number of ether oxygens (including phenoxy) is 1. The monoisotopic (exact) mass is 245 g/mol.